The Morgan fingerprint density at radius 1 is 1.21 bits per heavy atom. The van der Waals surface area contributed by atoms with Crippen LogP contribution in [-0.2, 0) is 11.3 Å². The molecule has 0 saturated carbocycles. The van der Waals surface area contributed by atoms with Gasteiger partial charge in [0.25, 0.3) is 11.5 Å². The Morgan fingerprint density at radius 2 is 1.96 bits per heavy atom. The number of nitrogens with zero attached hydrogens (tertiary/aromatic N) is 3. The Hall–Kier alpha value is -3.48. The molecular weight excluding hydrogens is 308 g/mol. The molecule has 2 N–H and O–H groups in total. The van der Waals surface area contributed by atoms with Crippen molar-refractivity contribution in [2.45, 2.75) is 6.54 Å². The van der Waals surface area contributed by atoms with Crippen LogP contribution in [0.15, 0.2) is 64.8 Å². The molecule has 3 rings (SSSR count). The van der Waals surface area contributed by atoms with Crippen LogP contribution >= 0.6 is 0 Å². The fourth-order valence-corrected chi connectivity index (χ4v) is 2.18. The van der Waals surface area contributed by atoms with E-state index in [0.717, 1.165) is 0 Å². The van der Waals surface area contributed by atoms with E-state index in [1.165, 1.54) is 23.2 Å². The third kappa shape index (κ3) is 3.30. The zero-order chi connectivity index (χ0) is 16.9. The zero-order valence-corrected chi connectivity index (χ0v) is 12.6. The van der Waals surface area contributed by atoms with Crippen LogP contribution in [0.5, 0.6) is 5.75 Å². The molecule has 1 aromatic heterocycles. The average molecular weight is 322 g/mol. The number of hydrogen-bond acceptors (Lipinski definition) is 5. The summed E-state index contributed by atoms with van der Waals surface area (Å²) >= 11 is 0. The SMILES string of the molecule is O=C(Cn1cnc2ccccc2c1=O)N/N=C/c1ccccc1O. The number of hydrogen-bond donors (Lipinski definition) is 2. The molecule has 7 nitrogen and oxygen atoms in total. The fourth-order valence-electron chi connectivity index (χ4n) is 2.18. The first-order valence-electron chi connectivity index (χ1n) is 7.19. The molecule has 120 valence electrons. The van der Waals surface area contributed by atoms with Crippen LogP contribution in [0.4, 0.5) is 0 Å². The van der Waals surface area contributed by atoms with E-state index >= 15 is 0 Å². The summed E-state index contributed by atoms with van der Waals surface area (Å²) in [6, 6.07) is 13.5. The summed E-state index contributed by atoms with van der Waals surface area (Å²) in [5, 5.41) is 13.8. The Balaban J connectivity index is 1.70. The van der Waals surface area contributed by atoms with Crippen molar-refractivity contribution in [3.63, 3.8) is 0 Å². The maximum atomic E-state index is 12.3. The van der Waals surface area contributed by atoms with Crippen molar-refractivity contribution in [3.8, 4) is 5.75 Å². The van der Waals surface area contributed by atoms with Crippen LogP contribution in [0.25, 0.3) is 10.9 Å². The van der Waals surface area contributed by atoms with Gasteiger partial charge in [0.2, 0.25) is 0 Å². The molecule has 0 radical (unpaired) electrons. The molecule has 7 heteroatoms. The third-order valence-corrected chi connectivity index (χ3v) is 3.38. The molecule has 0 spiro atoms. The molecule has 0 fully saturated rings. The number of phenolic OH excluding ortho intramolecular Hbond substituents is 1. The van der Waals surface area contributed by atoms with Gasteiger partial charge in [-0.25, -0.2) is 10.4 Å². The Bertz CT molecular complexity index is 979. The summed E-state index contributed by atoms with van der Waals surface area (Å²) in [4.78, 5) is 28.3. The predicted octanol–water partition coefficient (Wildman–Crippen LogP) is 1.25. The number of para-hydroxylation sites is 2. The second kappa shape index (κ2) is 6.74. The summed E-state index contributed by atoms with van der Waals surface area (Å²) in [7, 11) is 0. The van der Waals surface area contributed by atoms with E-state index in [-0.39, 0.29) is 17.9 Å². The van der Waals surface area contributed by atoms with E-state index in [9.17, 15) is 14.7 Å². The van der Waals surface area contributed by atoms with E-state index in [0.29, 0.717) is 16.5 Å². The van der Waals surface area contributed by atoms with E-state index in [2.05, 4.69) is 15.5 Å². The number of fused-ring (bicyclic) bond motifs is 1. The first-order valence-corrected chi connectivity index (χ1v) is 7.19. The van der Waals surface area contributed by atoms with Gasteiger partial charge in [-0.1, -0.05) is 24.3 Å². The van der Waals surface area contributed by atoms with E-state index in [4.69, 9.17) is 0 Å². The van der Waals surface area contributed by atoms with Gasteiger partial charge >= 0.3 is 0 Å². The summed E-state index contributed by atoms with van der Waals surface area (Å²) in [6.45, 7) is -0.200. The highest BCUT2D eigenvalue weighted by Crippen LogP contribution is 2.12. The van der Waals surface area contributed by atoms with Crippen molar-refractivity contribution in [2.75, 3.05) is 0 Å². The van der Waals surface area contributed by atoms with Crippen LogP contribution < -0.4 is 11.0 Å². The first-order chi connectivity index (χ1) is 11.6. The molecule has 1 amide bonds. The van der Waals surface area contributed by atoms with Crippen molar-refractivity contribution in [1.82, 2.24) is 15.0 Å². The molecule has 0 aliphatic carbocycles. The maximum Gasteiger partial charge on any atom is 0.261 e. The van der Waals surface area contributed by atoms with Gasteiger partial charge in [0.1, 0.15) is 12.3 Å². The predicted molar refractivity (Wildman–Crippen MR) is 89.8 cm³/mol. The van der Waals surface area contributed by atoms with Crippen molar-refractivity contribution in [1.29, 1.82) is 0 Å². The van der Waals surface area contributed by atoms with Crippen molar-refractivity contribution in [3.05, 3.63) is 70.8 Å². The Morgan fingerprint density at radius 3 is 2.79 bits per heavy atom. The van der Waals surface area contributed by atoms with Crippen LogP contribution in [0.1, 0.15) is 5.56 Å². The van der Waals surface area contributed by atoms with E-state index in [1.807, 2.05) is 0 Å². The van der Waals surface area contributed by atoms with Gasteiger partial charge in [-0.3, -0.25) is 14.2 Å². The molecule has 1 heterocycles. The van der Waals surface area contributed by atoms with Gasteiger partial charge in [-0.15, -0.1) is 0 Å². The Labute approximate surface area is 136 Å². The topological polar surface area (TPSA) is 96.6 Å². The van der Waals surface area contributed by atoms with Crippen LogP contribution in [0.3, 0.4) is 0 Å². The molecule has 0 unspecified atom stereocenters. The highest BCUT2D eigenvalue weighted by molar-refractivity contribution is 5.85. The van der Waals surface area contributed by atoms with Crippen molar-refractivity contribution in [2.24, 2.45) is 5.10 Å². The van der Waals surface area contributed by atoms with Gasteiger partial charge in [-0.05, 0) is 24.3 Å². The quantitative estimate of drug-likeness (QED) is 0.558. The molecule has 0 atom stereocenters. The highest BCUT2D eigenvalue weighted by Gasteiger charge is 2.07. The summed E-state index contributed by atoms with van der Waals surface area (Å²) in [6.07, 6.45) is 2.66. The molecule has 0 saturated heterocycles. The number of aromatic hydroxyl groups is 1. The van der Waals surface area contributed by atoms with Gasteiger partial charge in [0, 0.05) is 5.56 Å². The molecule has 0 aliphatic rings. The monoisotopic (exact) mass is 322 g/mol. The number of carbonyl (C=O) groups is 1. The van der Waals surface area contributed by atoms with Crippen LogP contribution in [0.2, 0.25) is 0 Å². The lowest BCUT2D eigenvalue weighted by atomic mass is 10.2. The number of benzene rings is 2. The van der Waals surface area contributed by atoms with Gasteiger partial charge in [0.15, 0.2) is 0 Å². The highest BCUT2D eigenvalue weighted by atomic mass is 16.3. The molecule has 24 heavy (non-hydrogen) atoms. The molecule has 0 aliphatic heterocycles. The standard InChI is InChI=1S/C17H14N4O3/c22-15-8-4-1-5-12(15)9-19-20-16(23)10-21-11-18-14-7-3-2-6-13(14)17(21)24/h1-9,11,22H,10H2,(H,20,23)/b19-9+. The second-order valence-electron chi connectivity index (χ2n) is 5.05. The number of carbonyl (C=O) groups excluding carboxylic acids is 1. The lowest BCUT2D eigenvalue weighted by Crippen LogP contribution is -2.30. The normalized spacial score (nSPS) is 11.0. The lowest BCUT2D eigenvalue weighted by molar-refractivity contribution is -0.121. The van der Waals surface area contributed by atoms with Crippen LogP contribution in [-0.4, -0.2) is 26.8 Å². The minimum Gasteiger partial charge on any atom is -0.507 e. The fraction of sp³-hybridized carbons (Fsp3) is 0.0588. The number of amides is 1. The molecular formula is C17H14N4O3. The second-order valence-corrected chi connectivity index (χ2v) is 5.05. The van der Waals surface area contributed by atoms with Crippen molar-refractivity contribution >= 4 is 23.0 Å². The Kier molecular flexibility index (Phi) is 4.33. The van der Waals surface area contributed by atoms with Crippen LogP contribution in [0, 0.1) is 0 Å². The van der Waals surface area contributed by atoms with E-state index in [1.54, 1.807) is 42.5 Å². The largest absolute Gasteiger partial charge is 0.507 e. The van der Waals surface area contributed by atoms with Gasteiger partial charge < -0.3 is 5.11 Å². The number of rotatable bonds is 4. The molecule has 2 aromatic carbocycles. The summed E-state index contributed by atoms with van der Waals surface area (Å²) < 4.78 is 1.22. The third-order valence-electron chi connectivity index (χ3n) is 3.38. The lowest BCUT2D eigenvalue weighted by Gasteiger charge is -2.05. The number of nitrogens with one attached hydrogen (secondary N) is 1. The van der Waals surface area contributed by atoms with Gasteiger partial charge in [0.05, 0.1) is 23.4 Å². The summed E-state index contributed by atoms with van der Waals surface area (Å²) in [5.41, 5.74) is 3.08. The van der Waals surface area contributed by atoms with Crippen molar-refractivity contribution < 1.29 is 9.90 Å². The van der Waals surface area contributed by atoms with Gasteiger partial charge in [-0.2, -0.15) is 5.10 Å². The first kappa shape index (κ1) is 15.4. The van der Waals surface area contributed by atoms with E-state index < -0.39 is 5.91 Å². The average Bonchev–Trinajstić information content (AvgIpc) is 2.59. The number of aromatic nitrogens is 2. The molecule has 0 bridgehead atoms. The maximum absolute atomic E-state index is 12.3. The minimum absolute atomic E-state index is 0.0606. The number of hydrazone groups is 1. The summed E-state index contributed by atoms with van der Waals surface area (Å²) in [5.74, 6) is -0.411. The smallest absolute Gasteiger partial charge is 0.261 e. The zero-order valence-electron chi connectivity index (χ0n) is 12.6. The molecule has 3 aromatic rings. The minimum atomic E-state index is -0.471. The number of phenols is 1.